The standard InChI is InChI=1S/C19H19N3O3/c23-18-8-7-17(19(24)21-11-14-4-3-9-25-14)22(18)12-13-10-20-16-6-2-1-5-15(13)16/h1-6,9-10,17,20H,7-8,11-12H2,(H,21,24). The molecule has 1 unspecified atom stereocenters. The molecule has 0 saturated carbocycles. The maximum atomic E-state index is 12.5. The molecule has 2 aromatic heterocycles. The topological polar surface area (TPSA) is 78.3 Å². The fraction of sp³-hybridized carbons (Fsp3) is 0.263. The molecule has 2 N–H and O–H groups in total. The van der Waals surface area contributed by atoms with Crippen LogP contribution in [-0.2, 0) is 22.7 Å². The first-order valence-electron chi connectivity index (χ1n) is 8.37. The second-order valence-electron chi connectivity index (χ2n) is 6.23. The van der Waals surface area contributed by atoms with Gasteiger partial charge in [0.2, 0.25) is 11.8 Å². The number of carbonyl (C=O) groups excluding carboxylic acids is 2. The van der Waals surface area contributed by atoms with E-state index >= 15 is 0 Å². The van der Waals surface area contributed by atoms with Crippen molar-refractivity contribution in [1.82, 2.24) is 15.2 Å². The highest BCUT2D eigenvalue weighted by Crippen LogP contribution is 2.25. The van der Waals surface area contributed by atoms with Crippen molar-refractivity contribution in [2.24, 2.45) is 0 Å². The van der Waals surface area contributed by atoms with Crippen molar-refractivity contribution in [1.29, 1.82) is 0 Å². The van der Waals surface area contributed by atoms with Crippen LogP contribution >= 0.6 is 0 Å². The number of aromatic amines is 1. The van der Waals surface area contributed by atoms with Crippen LogP contribution < -0.4 is 5.32 Å². The number of H-pyrrole nitrogens is 1. The van der Waals surface area contributed by atoms with E-state index in [-0.39, 0.29) is 11.8 Å². The Hall–Kier alpha value is -3.02. The number of rotatable bonds is 5. The van der Waals surface area contributed by atoms with E-state index in [9.17, 15) is 9.59 Å². The van der Waals surface area contributed by atoms with Gasteiger partial charge in [0.15, 0.2) is 0 Å². The first kappa shape index (κ1) is 15.5. The summed E-state index contributed by atoms with van der Waals surface area (Å²) >= 11 is 0. The predicted octanol–water partition coefficient (Wildman–Crippen LogP) is 2.57. The number of nitrogens with one attached hydrogen (secondary N) is 2. The van der Waals surface area contributed by atoms with Crippen molar-refractivity contribution in [3.8, 4) is 0 Å². The Kier molecular flexibility index (Phi) is 4.01. The van der Waals surface area contributed by atoms with Gasteiger partial charge >= 0.3 is 0 Å². The molecule has 2 amide bonds. The van der Waals surface area contributed by atoms with Crippen LogP contribution in [-0.4, -0.2) is 27.7 Å². The van der Waals surface area contributed by atoms with E-state index in [2.05, 4.69) is 10.3 Å². The Morgan fingerprint density at radius 2 is 2.16 bits per heavy atom. The number of amides is 2. The Morgan fingerprint density at radius 3 is 3.00 bits per heavy atom. The number of carbonyl (C=O) groups is 2. The smallest absolute Gasteiger partial charge is 0.243 e. The summed E-state index contributed by atoms with van der Waals surface area (Å²) in [5.74, 6) is 0.575. The summed E-state index contributed by atoms with van der Waals surface area (Å²) in [7, 11) is 0. The van der Waals surface area contributed by atoms with Gasteiger partial charge in [-0.25, -0.2) is 0 Å². The maximum absolute atomic E-state index is 12.5. The molecule has 3 aromatic rings. The number of hydrogen-bond donors (Lipinski definition) is 2. The zero-order valence-electron chi connectivity index (χ0n) is 13.7. The average Bonchev–Trinajstić information content (AvgIpc) is 3.35. The van der Waals surface area contributed by atoms with E-state index in [1.54, 1.807) is 17.2 Å². The Bertz CT molecular complexity index is 898. The molecule has 0 aliphatic carbocycles. The van der Waals surface area contributed by atoms with Gasteiger partial charge in [0.1, 0.15) is 11.8 Å². The molecule has 0 spiro atoms. The van der Waals surface area contributed by atoms with E-state index in [0.29, 0.717) is 31.7 Å². The summed E-state index contributed by atoms with van der Waals surface area (Å²) in [6.45, 7) is 0.763. The lowest BCUT2D eigenvalue weighted by Crippen LogP contribution is -2.44. The number of para-hydroxylation sites is 1. The van der Waals surface area contributed by atoms with Gasteiger partial charge in [0, 0.05) is 30.1 Å². The molecule has 4 rings (SSSR count). The Balaban J connectivity index is 1.48. The van der Waals surface area contributed by atoms with Gasteiger partial charge in [-0.1, -0.05) is 18.2 Å². The quantitative estimate of drug-likeness (QED) is 0.751. The third-order valence-corrected chi connectivity index (χ3v) is 4.66. The number of furan rings is 1. The highest BCUT2D eigenvalue weighted by atomic mass is 16.3. The maximum Gasteiger partial charge on any atom is 0.243 e. The van der Waals surface area contributed by atoms with Gasteiger partial charge in [-0.15, -0.1) is 0 Å². The molecule has 128 valence electrons. The molecule has 0 bridgehead atoms. The molecule has 1 aliphatic heterocycles. The lowest BCUT2D eigenvalue weighted by molar-refractivity contribution is -0.135. The van der Waals surface area contributed by atoms with Gasteiger partial charge in [0.05, 0.1) is 12.8 Å². The van der Waals surface area contributed by atoms with Gasteiger partial charge in [0.25, 0.3) is 0 Å². The van der Waals surface area contributed by atoms with Crippen molar-refractivity contribution in [2.45, 2.75) is 32.0 Å². The predicted molar refractivity (Wildman–Crippen MR) is 92.4 cm³/mol. The van der Waals surface area contributed by atoms with Crippen LogP contribution in [0, 0.1) is 0 Å². The minimum absolute atomic E-state index is 0.0171. The molecule has 1 fully saturated rings. The molecule has 6 nitrogen and oxygen atoms in total. The minimum Gasteiger partial charge on any atom is -0.467 e. The molecular formula is C19H19N3O3. The molecule has 1 atom stereocenters. The number of benzene rings is 1. The summed E-state index contributed by atoms with van der Waals surface area (Å²) < 4.78 is 5.23. The van der Waals surface area contributed by atoms with Crippen LogP contribution in [0.3, 0.4) is 0 Å². The molecule has 0 radical (unpaired) electrons. The van der Waals surface area contributed by atoms with Crippen LogP contribution in [0.15, 0.2) is 53.3 Å². The van der Waals surface area contributed by atoms with Crippen molar-refractivity contribution in [3.63, 3.8) is 0 Å². The van der Waals surface area contributed by atoms with Gasteiger partial charge < -0.3 is 19.6 Å². The molecular weight excluding hydrogens is 318 g/mol. The number of hydrogen-bond acceptors (Lipinski definition) is 3. The average molecular weight is 337 g/mol. The Labute approximate surface area is 144 Å². The molecule has 25 heavy (non-hydrogen) atoms. The van der Waals surface area contributed by atoms with Crippen LogP contribution in [0.4, 0.5) is 0 Å². The number of fused-ring (bicyclic) bond motifs is 1. The van der Waals surface area contributed by atoms with E-state index in [1.165, 1.54) is 0 Å². The van der Waals surface area contributed by atoms with Crippen molar-refractivity contribution in [3.05, 3.63) is 60.2 Å². The summed E-state index contributed by atoms with van der Waals surface area (Å²) in [4.78, 5) is 29.7. The fourth-order valence-corrected chi connectivity index (χ4v) is 3.36. The van der Waals surface area contributed by atoms with Crippen molar-refractivity contribution in [2.75, 3.05) is 0 Å². The van der Waals surface area contributed by atoms with Crippen LogP contribution in [0.1, 0.15) is 24.2 Å². The molecule has 1 aliphatic rings. The normalized spacial score (nSPS) is 17.4. The van der Waals surface area contributed by atoms with E-state index < -0.39 is 6.04 Å². The minimum atomic E-state index is -0.434. The van der Waals surface area contributed by atoms with Crippen molar-refractivity contribution >= 4 is 22.7 Å². The van der Waals surface area contributed by atoms with Gasteiger partial charge in [-0.3, -0.25) is 9.59 Å². The Morgan fingerprint density at radius 1 is 1.28 bits per heavy atom. The third-order valence-electron chi connectivity index (χ3n) is 4.66. The molecule has 1 saturated heterocycles. The van der Waals surface area contributed by atoms with Crippen LogP contribution in [0.5, 0.6) is 0 Å². The van der Waals surface area contributed by atoms with Gasteiger partial charge in [-0.2, -0.15) is 0 Å². The first-order valence-corrected chi connectivity index (χ1v) is 8.37. The number of aromatic nitrogens is 1. The SMILES string of the molecule is O=C(NCc1ccco1)C1CCC(=O)N1Cc1c[nH]c2ccccc12. The number of nitrogens with zero attached hydrogens (tertiary/aromatic N) is 1. The summed E-state index contributed by atoms with van der Waals surface area (Å²) in [6.07, 6.45) is 4.43. The van der Waals surface area contributed by atoms with Crippen LogP contribution in [0.2, 0.25) is 0 Å². The highest BCUT2D eigenvalue weighted by molar-refractivity contribution is 5.91. The summed E-state index contributed by atoms with van der Waals surface area (Å²) in [5.41, 5.74) is 2.05. The van der Waals surface area contributed by atoms with E-state index in [4.69, 9.17) is 4.42 Å². The number of likely N-dealkylation sites (tertiary alicyclic amines) is 1. The van der Waals surface area contributed by atoms with Crippen LogP contribution in [0.25, 0.3) is 10.9 Å². The monoisotopic (exact) mass is 337 g/mol. The second kappa shape index (κ2) is 6.47. The fourth-order valence-electron chi connectivity index (χ4n) is 3.36. The first-order chi connectivity index (χ1) is 12.2. The second-order valence-corrected chi connectivity index (χ2v) is 6.23. The highest BCUT2D eigenvalue weighted by Gasteiger charge is 2.36. The van der Waals surface area contributed by atoms with Crippen molar-refractivity contribution < 1.29 is 14.0 Å². The lowest BCUT2D eigenvalue weighted by atomic mass is 10.1. The largest absolute Gasteiger partial charge is 0.467 e. The summed E-state index contributed by atoms with van der Waals surface area (Å²) in [6, 6.07) is 11.1. The zero-order chi connectivity index (χ0) is 17.2. The zero-order valence-corrected chi connectivity index (χ0v) is 13.7. The van der Waals surface area contributed by atoms with Gasteiger partial charge in [-0.05, 0) is 30.2 Å². The van der Waals surface area contributed by atoms with E-state index in [1.807, 2.05) is 36.5 Å². The molecule has 3 heterocycles. The molecule has 6 heteroatoms. The third kappa shape index (κ3) is 3.03. The summed E-state index contributed by atoms with van der Waals surface area (Å²) in [5, 5.41) is 3.94. The van der Waals surface area contributed by atoms with E-state index in [0.717, 1.165) is 16.5 Å². The molecule has 1 aromatic carbocycles. The lowest BCUT2D eigenvalue weighted by Gasteiger charge is -2.23.